The molecule has 6 heteroatoms. The molecule has 0 unspecified atom stereocenters. The number of carbonyl (C=O) groups excluding carboxylic acids is 1. The summed E-state index contributed by atoms with van der Waals surface area (Å²) in [5.41, 5.74) is 5.31. The maximum Gasteiger partial charge on any atom is 0.222 e. The molecule has 4 aromatic rings. The van der Waals surface area contributed by atoms with E-state index in [1.807, 2.05) is 12.4 Å². The second-order valence-corrected chi connectivity index (χ2v) is 8.82. The van der Waals surface area contributed by atoms with Crippen LogP contribution >= 0.6 is 0 Å². The Morgan fingerprint density at radius 2 is 2.03 bits per heavy atom. The van der Waals surface area contributed by atoms with Gasteiger partial charge in [-0.1, -0.05) is 37.5 Å². The van der Waals surface area contributed by atoms with E-state index in [1.165, 1.54) is 43.2 Å². The predicted molar refractivity (Wildman–Crippen MR) is 124 cm³/mol. The fourth-order valence-electron chi connectivity index (χ4n) is 4.83. The summed E-state index contributed by atoms with van der Waals surface area (Å²) in [5, 5.41) is 1.13. The fraction of sp³-hybridized carbons (Fsp3) is 0.400. The number of hydrogen-bond donors (Lipinski definition) is 1. The van der Waals surface area contributed by atoms with Crippen molar-refractivity contribution >= 4 is 28.0 Å². The van der Waals surface area contributed by atoms with Crippen LogP contribution in [0.4, 0.5) is 0 Å². The maximum atomic E-state index is 12.0. The second kappa shape index (κ2) is 8.17. The fourth-order valence-corrected chi connectivity index (χ4v) is 4.83. The van der Waals surface area contributed by atoms with Crippen molar-refractivity contribution in [2.75, 3.05) is 14.1 Å². The number of imidazole rings is 1. The summed E-state index contributed by atoms with van der Waals surface area (Å²) >= 11 is 0. The van der Waals surface area contributed by atoms with Gasteiger partial charge in [-0.25, -0.2) is 9.97 Å². The Bertz CT molecular complexity index is 1230. The Kier molecular flexibility index (Phi) is 5.22. The highest BCUT2D eigenvalue weighted by molar-refractivity contribution is 6.02. The van der Waals surface area contributed by atoms with Crippen LogP contribution in [-0.2, 0) is 11.2 Å². The van der Waals surface area contributed by atoms with E-state index in [2.05, 4.69) is 44.9 Å². The highest BCUT2D eigenvalue weighted by Gasteiger charge is 2.24. The smallest absolute Gasteiger partial charge is 0.222 e. The zero-order valence-corrected chi connectivity index (χ0v) is 18.3. The van der Waals surface area contributed by atoms with E-state index in [0.717, 1.165) is 34.4 Å². The van der Waals surface area contributed by atoms with Crippen LogP contribution in [0.15, 0.2) is 42.7 Å². The highest BCUT2D eigenvalue weighted by Crippen LogP contribution is 2.38. The number of carbonyl (C=O) groups is 1. The van der Waals surface area contributed by atoms with Gasteiger partial charge in [-0.3, -0.25) is 4.79 Å². The number of nitrogens with zero attached hydrogens (tertiary/aromatic N) is 4. The van der Waals surface area contributed by atoms with Crippen LogP contribution < -0.4 is 0 Å². The first-order valence-corrected chi connectivity index (χ1v) is 11.3. The van der Waals surface area contributed by atoms with Crippen molar-refractivity contribution in [3.63, 3.8) is 0 Å². The molecule has 1 saturated carbocycles. The minimum absolute atomic E-state index is 0.153. The number of nitrogens with one attached hydrogen (secondary N) is 1. The number of pyridine rings is 1. The van der Waals surface area contributed by atoms with Gasteiger partial charge in [0.25, 0.3) is 0 Å². The number of benzene rings is 1. The van der Waals surface area contributed by atoms with E-state index in [1.54, 1.807) is 19.0 Å². The first kappa shape index (κ1) is 19.8. The number of amides is 1. The van der Waals surface area contributed by atoms with Gasteiger partial charge in [0.1, 0.15) is 17.0 Å². The van der Waals surface area contributed by atoms with Crippen molar-refractivity contribution in [1.82, 2.24) is 24.4 Å². The van der Waals surface area contributed by atoms with Gasteiger partial charge in [-0.15, -0.1) is 0 Å². The quantitative estimate of drug-likeness (QED) is 0.493. The lowest BCUT2D eigenvalue weighted by atomic mass is 9.94. The van der Waals surface area contributed by atoms with E-state index in [0.29, 0.717) is 12.5 Å². The molecule has 1 fully saturated rings. The number of hydrogen-bond acceptors (Lipinski definition) is 3. The highest BCUT2D eigenvalue weighted by atomic mass is 16.2. The Hall–Kier alpha value is -3.15. The van der Waals surface area contributed by atoms with Crippen molar-refractivity contribution < 1.29 is 4.79 Å². The topological polar surface area (TPSA) is 66.8 Å². The molecule has 0 spiro atoms. The molecule has 31 heavy (non-hydrogen) atoms. The van der Waals surface area contributed by atoms with Crippen LogP contribution in [0, 0.1) is 0 Å². The van der Waals surface area contributed by atoms with Gasteiger partial charge in [-0.05, 0) is 37.0 Å². The zero-order valence-electron chi connectivity index (χ0n) is 18.3. The number of aromatic amines is 1. The number of aryl methyl sites for hydroxylation is 1. The standard InChI is InChI=1S/C25H29N5O/c1-29(2)22(31)12-11-17-7-6-8-18(15-17)25-28-21-16-27-24-20(13-14-26-24)23(21)30(25)19-9-4-3-5-10-19/h6-8,13-16,19H,3-5,9-12H2,1-2H3,(H,26,27). The molecule has 0 radical (unpaired) electrons. The third-order valence-corrected chi connectivity index (χ3v) is 6.49. The first-order valence-electron chi connectivity index (χ1n) is 11.3. The Balaban J connectivity index is 1.61. The summed E-state index contributed by atoms with van der Waals surface area (Å²) in [4.78, 5) is 26.6. The average molecular weight is 416 g/mol. The number of fused-ring (bicyclic) bond motifs is 3. The largest absolute Gasteiger partial charge is 0.349 e. The summed E-state index contributed by atoms with van der Waals surface area (Å²) in [7, 11) is 3.61. The minimum Gasteiger partial charge on any atom is -0.349 e. The van der Waals surface area contributed by atoms with E-state index in [-0.39, 0.29) is 5.91 Å². The third kappa shape index (κ3) is 3.71. The lowest BCUT2D eigenvalue weighted by molar-refractivity contribution is -0.128. The summed E-state index contributed by atoms with van der Waals surface area (Å²) in [6, 6.07) is 11.1. The van der Waals surface area contributed by atoms with Crippen molar-refractivity contribution in [2.24, 2.45) is 0 Å². The first-order chi connectivity index (χ1) is 15.1. The molecule has 6 nitrogen and oxygen atoms in total. The van der Waals surface area contributed by atoms with Crippen molar-refractivity contribution in [1.29, 1.82) is 0 Å². The predicted octanol–water partition coefficient (Wildman–Crippen LogP) is 5.11. The minimum atomic E-state index is 0.153. The van der Waals surface area contributed by atoms with E-state index >= 15 is 0 Å². The summed E-state index contributed by atoms with van der Waals surface area (Å²) in [6.07, 6.45) is 11.3. The zero-order chi connectivity index (χ0) is 21.4. The number of rotatable bonds is 5. The molecule has 3 heterocycles. The SMILES string of the molecule is CN(C)C(=O)CCc1cccc(-c2nc3cnc4[nH]ccc4c3n2C2CCCCC2)c1. The molecule has 0 saturated heterocycles. The van der Waals surface area contributed by atoms with Gasteiger partial charge in [-0.2, -0.15) is 0 Å². The molecular weight excluding hydrogens is 386 g/mol. The normalized spacial score (nSPS) is 15.0. The van der Waals surface area contributed by atoms with Gasteiger partial charge in [0.15, 0.2) is 0 Å². The van der Waals surface area contributed by atoms with Crippen LogP contribution in [-0.4, -0.2) is 44.4 Å². The summed E-state index contributed by atoms with van der Waals surface area (Å²) < 4.78 is 2.47. The van der Waals surface area contributed by atoms with Crippen LogP contribution in [0.5, 0.6) is 0 Å². The average Bonchev–Trinajstić information content (AvgIpc) is 3.42. The summed E-state index contributed by atoms with van der Waals surface area (Å²) in [5.74, 6) is 1.17. The van der Waals surface area contributed by atoms with Gasteiger partial charge in [0.05, 0.1) is 11.7 Å². The Morgan fingerprint density at radius 1 is 1.19 bits per heavy atom. The molecule has 0 atom stereocenters. The Morgan fingerprint density at radius 3 is 2.84 bits per heavy atom. The van der Waals surface area contributed by atoms with Crippen LogP contribution in [0.3, 0.4) is 0 Å². The third-order valence-electron chi connectivity index (χ3n) is 6.49. The Labute approximate surface area is 182 Å². The molecule has 1 aliphatic carbocycles. The van der Waals surface area contributed by atoms with E-state index < -0.39 is 0 Å². The molecular formula is C25H29N5O. The molecule has 0 aliphatic heterocycles. The van der Waals surface area contributed by atoms with E-state index in [4.69, 9.17) is 4.98 Å². The molecule has 1 N–H and O–H groups in total. The van der Waals surface area contributed by atoms with Crippen LogP contribution in [0.2, 0.25) is 0 Å². The molecule has 160 valence electrons. The van der Waals surface area contributed by atoms with Crippen molar-refractivity contribution in [3.05, 3.63) is 48.3 Å². The lowest BCUT2D eigenvalue weighted by Crippen LogP contribution is -2.21. The molecule has 0 bridgehead atoms. The van der Waals surface area contributed by atoms with Gasteiger partial charge >= 0.3 is 0 Å². The lowest BCUT2D eigenvalue weighted by Gasteiger charge is -2.26. The van der Waals surface area contributed by atoms with Gasteiger partial charge in [0, 0.05) is 43.7 Å². The van der Waals surface area contributed by atoms with Gasteiger partial charge in [0.2, 0.25) is 5.91 Å². The monoisotopic (exact) mass is 415 g/mol. The van der Waals surface area contributed by atoms with Gasteiger partial charge < -0.3 is 14.5 Å². The van der Waals surface area contributed by atoms with Crippen LogP contribution in [0.1, 0.15) is 50.1 Å². The van der Waals surface area contributed by atoms with E-state index in [9.17, 15) is 4.79 Å². The molecule has 1 aliphatic rings. The second-order valence-electron chi connectivity index (χ2n) is 8.82. The molecule has 1 amide bonds. The van der Waals surface area contributed by atoms with Crippen molar-refractivity contribution in [2.45, 2.75) is 51.0 Å². The number of aromatic nitrogens is 4. The molecule has 1 aromatic carbocycles. The maximum absolute atomic E-state index is 12.0. The molecule has 5 rings (SSSR count). The number of H-pyrrole nitrogens is 1. The van der Waals surface area contributed by atoms with Crippen LogP contribution in [0.25, 0.3) is 33.5 Å². The summed E-state index contributed by atoms with van der Waals surface area (Å²) in [6.45, 7) is 0. The molecule has 3 aromatic heterocycles. The van der Waals surface area contributed by atoms with Crippen molar-refractivity contribution in [3.8, 4) is 11.4 Å².